The molecule has 0 atom stereocenters. The lowest BCUT2D eigenvalue weighted by Crippen LogP contribution is -2.41. The molecule has 0 aliphatic rings. The van der Waals surface area contributed by atoms with Crippen LogP contribution in [0.25, 0.3) is 11.3 Å². The number of rotatable bonds is 6. The van der Waals surface area contributed by atoms with Crippen LogP contribution in [-0.4, -0.2) is 17.6 Å². The second-order valence-corrected chi connectivity index (χ2v) is 7.89. The van der Waals surface area contributed by atoms with E-state index < -0.39 is 0 Å². The van der Waals surface area contributed by atoms with Gasteiger partial charge in [0, 0.05) is 10.0 Å². The summed E-state index contributed by atoms with van der Waals surface area (Å²) in [6.07, 6.45) is 0. The molecule has 3 aromatic rings. The molecule has 0 fully saturated rings. The fraction of sp³-hybridized carbons (Fsp3) is 0.182. The van der Waals surface area contributed by atoms with E-state index in [1.807, 2.05) is 68.4 Å². The van der Waals surface area contributed by atoms with Crippen molar-refractivity contribution >= 4 is 39.2 Å². The Kier molecular flexibility index (Phi) is 7.06. The molecular formula is C22H21BrN2O3S. The molecule has 7 heteroatoms. The Morgan fingerprint density at radius 2 is 1.86 bits per heavy atom. The Balaban J connectivity index is 1.45. The minimum absolute atomic E-state index is 0.111. The molecule has 2 aromatic carbocycles. The van der Waals surface area contributed by atoms with E-state index in [-0.39, 0.29) is 17.6 Å². The molecule has 1 amide bonds. The van der Waals surface area contributed by atoms with Crippen molar-refractivity contribution in [2.75, 3.05) is 6.61 Å². The van der Waals surface area contributed by atoms with Gasteiger partial charge >= 0.3 is 0 Å². The Morgan fingerprint density at radius 3 is 2.59 bits per heavy atom. The summed E-state index contributed by atoms with van der Waals surface area (Å²) in [4.78, 5) is 12.0. The molecule has 0 spiro atoms. The van der Waals surface area contributed by atoms with Crippen molar-refractivity contribution in [3.05, 3.63) is 76.0 Å². The van der Waals surface area contributed by atoms with Crippen LogP contribution in [-0.2, 0) is 11.3 Å². The predicted molar refractivity (Wildman–Crippen MR) is 121 cm³/mol. The molecule has 0 aliphatic heterocycles. The molecule has 5 nitrogen and oxygen atoms in total. The van der Waals surface area contributed by atoms with E-state index in [1.54, 1.807) is 0 Å². The maximum atomic E-state index is 12.0. The van der Waals surface area contributed by atoms with Crippen LogP contribution in [0.4, 0.5) is 0 Å². The predicted octanol–water partition coefficient (Wildman–Crippen LogP) is 4.90. The molecule has 0 radical (unpaired) electrons. The molecule has 0 bridgehead atoms. The maximum Gasteiger partial charge on any atom is 0.264 e. The average molecular weight is 473 g/mol. The summed E-state index contributed by atoms with van der Waals surface area (Å²) in [6, 6.07) is 17.4. The Hall–Kier alpha value is -2.64. The maximum absolute atomic E-state index is 12.0. The third-order valence-electron chi connectivity index (χ3n) is 4.16. The number of nitrogens with one attached hydrogen (secondary N) is 2. The second-order valence-electron chi connectivity index (χ2n) is 6.56. The molecule has 150 valence electrons. The molecule has 3 rings (SSSR count). The first kappa shape index (κ1) is 21.1. The van der Waals surface area contributed by atoms with Gasteiger partial charge in [0.1, 0.15) is 17.3 Å². The van der Waals surface area contributed by atoms with Crippen molar-refractivity contribution in [2.24, 2.45) is 0 Å². The zero-order valence-corrected chi connectivity index (χ0v) is 18.5. The summed E-state index contributed by atoms with van der Waals surface area (Å²) in [5.41, 5.74) is 3.11. The zero-order chi connectivity index (χ0) is 20.8. The van der Waals surface area contributed by atoms with Crippen LogP contribution in [0.15, 0.2) is 63.5 Å². The molecule has 0 saturated carbocycles. The van der Waals surface area contributed by atoms with Crippen molar-refractivity contribution in [3.8, 4) is 17.1 Å². The van der Waals surface area contributed by atoms with Crippen LogP contribution in [0.2, 0.25) is 0 Å². The highest BCUT2D eigenvalue weighted by molar-refractivity contribution is 9.10. The summed E-state index contributed by atoms with van der Waals surface area (Å²) < 4.78 is 12.4. The van der Waals surface area contributed by atoms with E-state index in [9.17, 15) is 4.79 Å². The van der Waals surface area contributed by atoms with Gasteiger partial charge in [-0.1, -0.05) is 45.8 Å². The fourth-order valence-electron chi connectivity index (χ4n) is 2.72. The van der Waals surface area contributed by atoms with Gasteiger partial charge in [0.25, 0.3) is 5.91 Å². The summed E-state index contributed by atoms with van der Waals surface area (Å²) in [5.74, 6) is 1.84. The minimum Gasteiger partial charge on any atom is -0.483 e. The van der Waals surface area contributed by atoms with E-state index >= 15 is 0 Å². The monoisotopic (exact) mass is 472 g/mol. The van der Waals surface area contributed by atoms with Crippen LogP contribution in [0.3, 0.4) is 0 Å². The van der Waals surface area contributed by atoms with Crippen molar-refractivity contribution in [3.63, 3.8) is 0 Å². The van der Waals surface area contributed by atoms with Gasteiger partial charge in [-0.25, -0.2) is 0 Å². The third kappa shape index (κ3) is 6.17. The van der Waals surface area contributed by atoms with Gasteiger partial charge in [0.2, 0.25) is 0 Å². The fourth-order valence-corrected chi connectivity index (χ4v) is 3.17. The third-order valence-corrected chi connectivity index (χ3v) is 4.93. The summed E-state index contributed by atoms with van der Waals surface area (Å²) in [5, 5.41) is 5.79. The van der Waals surface area contributed by atoms with Gasteiger partial charge in [0.05, 0.1) is 6.54 Å². The Bertz CT molecular complexity index is 1020. The van der Waals surface area contributed by atoms with E-state index in [2.05, 4.69) is 26.6 Å². The summed E-state index contributed by atoms with van der Waals surface area (Å²) in [6.45, 7) is 4.21. The van der Waals surface area contributed by atoms with E-state index in [0.717, 1.165) is 26.9 Å². The van der Waals surface area contributed by atoms with Crippen LogP contribution >= 0.6 is 28.1 Å². The first-order chi connectivity index (χ1) is 13.9. The first-order valence-corrected chi connectivity index (χ1v) is 10.2. The van der Waals surface area contributed by atoms with Gasteiger partial charge in [-0.3, -0.25) is 4.79 Å². The highest BCUT2D eigenvalue weighted by Crippen LogP contribution is 2.24. The molecule has 1 heterocycles. The number of hydrogen-bond acceptors (Lipinski definition) is 4. The number of furan rings is 1. The van der Waals surface area contributed by atoms with Gasteiger partial charge in [0.15, 0.2) is 11.7 Å². The van der Waals surface area contributed by atoms with E-state index in [4.69, 9.17) is 21.4 Å². The number of aryl methyl sites for hydroxylation is 2. The molecule has 0 aliphatic carbocycles. The number of hydrogen-bond donors (Lipinski definition) is 2. The SMILES string of the molecule is Cc1ccc(OCC(=O)NC(=S)NCc2ccc(-c3ccc(Br)cc3)o2)c(C)c1. The van der Waals surface area contributed by atoms with Crippen LogP contribution in [0, 0.1) is 13.8 Å². The van der Waals surface area contributed by atoms with Crippen molar-refractivity contribution in [1.82, 2.24) is 10.6 Å². The number of thiocarbonyl (C=S) groups is 1. The van der Waals surface area contributed by atoms with E-state index in [1.165, 1.54) is 0 Å². The summed E-state index contributed by atoms with van der Waals surface area (Å²) in [7, 11) is 0. The smallest absolute Gasteiger partial charge is 0.264 e. The Morgan fingerprint density at radius 1 is 1.10 bits per heavy atom. The topological polar surface area (TPSA) is 63.5 Å². The standard InChI is InChI=1S/C22H21BrN2O3S/c1-14-3-9-19(15(2)11-14)27-13-21(26)25-22(29)24-12-18-8-10-20(28-18)16-4-6-17(23)7-5-16/h3-11H,12-13H2,1-2H3,(H2,24,25,26,29). The number of carbonyl (C=O) groups is 1. The van der Waals surface area contributed by atoms with Crippen molar-refractivity contribution in [2.45, 2.75) is 20.4 Å². The number of ether oxygens (including phenoxy) is 1. The molecule has 0 saturated heterocycles. The molecule has 0 unspecified atom stereocenters. The highest BCUT2D eigenvalue weighted by Gasteiger charge is 2.09. The van der Waals surface area contributed by atoms with Crippen LogP contribution < -0.4 is 15.4 Å². The lowest BCUT2D eigenvalue weighted by Gasteiger charge is -2.11. The van der Waals surface area contributed by atoms with Gasteiger partial charge < -0.3 is 19.8 Å². The molecule has 1 aromatic heterocycles. The lowest BCUT2D eigenvalue weighted by atomic mass is 10.1. The number of carbonyl (C=O) groups excluding carboxylic acids is 1. The Labute approximate surface area is 183 Å². The van der Waals surface area contributed by atoms with E-state index in [0.29, 0.717) is 18.1 Å². The second kappa shape index (κ2) is 9.71. The van der Waals surface area contributed by atoms with Gasteiger partial charge in [-0.15, -0.1) is 0 Å². The van der Waals surface area contributed by atoms with Gasteiger partial charge in [-0.05, 0) is 62.0 Å². The highest BCUT2D eigenvalue weighted by atomic mass is 79.9. The van der Waals surface area contributed by atoms with Crippen LogP contribution in [0.1, 0.15) is 16.9 Å². The first-order valence-electron chi connectivity index (χ1n) is 9.03. The van der Waals surface area contributed by atoms with Crippen LogP contribution in [0.5, 0.6) is 5.75 Å². The number of halogens is 1. The zero-order valence-electron chi connectivity index (χ0n) is 16.1. The number of benzene rings is 2. The lowest BCUT2D eigenvalue weighted by molar-refractivity contribution is -0.121. The van der Waals surface area contributed by atoms with Crippen molar-refractivity contribution < 1.29 is 13.9 Å². The molecule has 2 N–H and O–H groups in total. The molecular weight excluding hydrogens is 452 g/mol. The number of amides is 1. The minimum atomic E-state index is -0.322. The van der Waals surface area contributed by atoms with Crippen molar-refractivity contribution in [1.29, 1.82) is 0 Å². The average Bonchev–Trinajstić information content (AvgIpc) is 3.15. The normalized spacial score (nSPS) is 10.4. The quantitative estimate of drug-likeness (QED) is 0.499. The molecule has 29 heavy (non-hydrogen) atoms. The van der Waals surface area contributed by atoms with Gasteiger partial charge in [-0.2, -0.15) is 0 Å². The summed E-state index contributed by atoms with van der Waals surface area (Å²) >= 11 is 8.59. The largest absolute Gasteiger partial charge is 0.483 e.